The largest absolute Gasteiger partial charge is 0.503 e. The lowest BCUT2D eigenvalue weighted by Crippen LogP contribution is -2.31. The van der Waals surface area contributed by atoms with E-state index in [1.165, 1.54) is 24.3 Å². The highest BCUT2D eigenvalue weighted by atomic mass is 16.6. The molecule has 0 amide bonds. The van der Waals surface area contributed by atoms with Crippen molar-refractivity contribution >= 4 is 34.1 Å². The zero-order chi connectivity index (χ0) is 20.4. The number of rotatable bonds is 5. The lowest BCUT2D eigenvalue weighted by molar-refractivity contribution is -0.651. The monoisotopic (exact) mass is 382 g/mol. The number of para-hydroxylation sites is 2. The molecule has 0 unspecified atom stereocenters. The summed E-state index contributed by atoms with van der Waals surface area (Å²) in [7, 11) is 1.86. The van der Waals surface area contributed by atoms with E-state index in [9.17, 15) is 20.0 Å². The highest BCUT2D eigenvalue weighted by Gasteiger charge is 2.31. The molecule has 8 heteroatoms. The van der Waals surface area contributed by atoms with Crippen LogP contribution in [-0.2, 0) is 16.6 Å². The molecule has 0 saturated carbocycles. The number of nitrogens with zero attached hydrogens (tertiary/aromatic N) is 3. The third kappa shape index (κ3) is 3.20. The molecule has 0 atom stereocenters. The number of aliphatic hydroxyl groups excluding tert-OH is 1. The van der Waals surface area contributed by atoms with E-state index in [0.29, 0.717) is 5.82 Å². The average Bonchev–Trinajstić information content (AvgIpc) is 2.94. The fourth-order valence-corrected chi connectivity index (χ4v) is 3.09. The Morgan fingerprint density at radius 3 is 2.46 bits per heavy atom. The molecule has 0 saturated heterocycles. The van der Waals surface area contributed by atoms with E-state index < -0.39 is 10.9 Å². The molecule has 0 aliphatic carbocycles. The predicted octanol–water partition coefficient (Wildman–Crippen LogP) is 3.13. The van der Waals surface area contributed by atoms with Crippen LogP contribution in [-0.4, -0.2) is 27.2 Å². The minimum Gasteiger partial charge on any atom is -0.503 e. The quantitative estimate of drug-likeness (QED) is 0.183. The van der Waals surface area contributed by atoms with Gasteiger partial charge in [-0.05, 0) is 31.2 Å². The Morgan fingerprint density at radius 2 is 1.86 bits per heavy atom. The van der Waals surface area contributed by atoms with Gasteiger partial charge in [0.25, 0.3) is 17.2 Å². The van der Waals surface area contributed by atoms with Crippen molar-refractivity contribution in [1.29, 1.82) is 0 Å². The zero-order valence-electron chi connectivity index (χ0n) is 15.7. The van der Waals surface area contributed by atoms with Gasteiger partial charge < -0.3 is 9.84 Å². The minimum absolute atomic E-state index is 0.0509. The molecule has 0 aliphatic rings. The summed E-state index contributed by atoms with van der Waals surface area (Å²) >= 11 is 0. The number of nitro benzene ring substituents is 1. The van der Waals surface area contributed by atoms with Gasteiger partial charge in [-0.25, -0.2) is 9.36 Å². The lowest BCUT2D eigenvalue weighted by Gasteiger charge is -2.09. The summed E-state index contributed by atoms with van der Waals surface area (Å²) in [5.74, 6) is -0.307. The molecule has 1 N–H and O–H groups in total. The molecule has 2 aromatic carbocycles. The van der Waals surface area contributed by atoms with Crippen LogP contribution in [0.3, 0.4) is 0 Å². The maximum absolute atomic E-state index is 12.8. The van der Waals surface area contributed by atoms with Crippen LogP contribution in [0.4, 0.5) is 5.69 Å². The number of aryl methyl sites for hydroxylation is 1. The summed E-state index contributed by atoms with van der Waals surface area (Å²) in [6.45, 7) is 3.64. The Labute approximate surface area is 161 Å². The highest BCUT2D eigenvalue weighted by Crippen LogP contribution is 2.27. The maximum Gasteiger partial charge on any atom is 0.382 e. The van der Waals surface area contributed by atoms with Gasteiger partial charge in [0, 0.05) is 24.6 Å². The summed E-state index contributed by atoms with van der Waals surface area (Å²) < 4.78 is 8.71. The van der Waals surface area contributed by atoms with E-state index in [4.69, 9.17) is 4.74 Å². The molecule has 1 heterocycles. The summed E-state index contributed by atoms with van der Waals surface area (Å²) in [6.07, 6.45) is 0. The molecule has 0 aliphatic heterocycles. The van der Waals surface area contributed by atoms with E-state index in [0.717, 1.165) is 11.0 Å². The summed E-state index contributed by atoms with van der Waals surface area (Å²) in [5.41, 5.74) is 1.71. The third-order valence-corrected chi connectivity index (χ3v) is 4.56. The minimum atomic E-state index is -0.692. The summed E-state index contributed by atoms with van der Waals surface area (Å²) in [5, 5.41) is 21.8. The van der Waals surface area contributed by atoms with Gasteiger partial charge in [-0.2, -0.15) is 4.57 Å². The number of imidazole rings is 1. The van der Waals surface area contributed by atoms with Crippen LogP contribution in [0.1, 0.15) is 18.3 Å². The molecule has 1 aromatic heterocycles. The van der Waals surface area contributed by atoms with Crippen molar-refractivity contribution in [1.82, 2.24) is 4.57 Å². The number of aliphatic hydroxyl groups is 1. The van der Waals surface area contributed by atoms with Crippen molar-refractivity contribution in [3.05, 3.63) is 70.0 Å². The number of carbonyl (C=O) groups excluding carboxylic acids is 1. The Balaban J connectivity index is 2.29. The Hall–Kier alpha value is -3.68. The predicted molar refractivity (Wildman–Crippen MR) is 103 cm³/mol. The van der Waals surface area contributed by atoms with Crippen molar-refractivity contribution < 1.29 is 24.1 Å². The number of hydrogen-bond acceptors (Lipinski definition) is 5. The number of benzene rings is 2. The van der Waals surface area contributed by atoms with Crippen molar-refractivity contribution in [3.8, 4) is 0 Å². The fourth-order valence-electron chi connectivity index (χ4n) is 3.09. The number of fused-ring (bicyclic) bond motifs is 1. The van der Waals surface area contributed by atoms with Crippen LogP contribution in [0, 0.1) is 17.0 Å². The first-order valence-electron chi connectivity index (χ1n) is 8.68. The van der Waals surface area contributed by atoms with Gasteiger partial charge in [0.1, 0.15) is 0 Å². The van der Waals surface area contributed by atoms with Crippen molar-refractivity contribution in [2.75, 3.05) is 6.61 Å². The third-order valence-electron chi connectivity index (χ3n) is 4.56. The zero-order valence-corrected chi connectivity index (χ0v) is 15.7. The first-order valence-corrected chi connectivity index (χ1v) is 8.68. The number of non-ortho nitro benzene ring substituents is 1. The molecule has 0 radical (unpaired) electrons. The van der Waals surface area contributed by atoms with Gasteiger partial charge in [-0.1, -0.05) is 12.1 Å². The molecular formula is C20H20N3O5+. The van der Waals surface area contributed by atoms with E-state index in [1.807, 2.05) is 42.8 Å². The number of hydrogen-bond donors (Lipinski definition) is 1. The second-order valence-electron chi connectivity index (χ2n) is 6.15. The second-order valence-corrected chi connectivity index (χ2v) is 6.15. The highest BCUT2D eigenvalue weighted by molar-refractivity contribution is 6.18. The first-order chi connectivity index (χ1) is 13.4. The number of carbonyl (C=O) groups is 1. The van der Waals surface area contributed by atoms with Gasteiger partial charge in [0.2, 0.25) is 0 Å². The Bertz CT molecular complexity index is 1100. The van der Waals surface area contributed by atoms with E-state index in [2.05, 4.69) is 0 Å². The first kappa shape index (κ1) is 19.1. The van der Waals surface area contributed by atoms with Gasteiger partial charge in [0.15, 0.2) is 16.8 Å². The molecule has 0 fully saturated rings. The number of aromatic nitrogens is 2. The smallest absolute Gasteiger partial charge is 0.382 e. The molecule has 0 spiro atoms. The SMILES string of the molecule is CCOC(=O)C(=C(O)c1ccc([N+](=O)[O-])cc1)n1c(C)[n+](C)c2ccccc21. The molecule has 0 bridgehead atoms. The van der Waals surface area contributed by atoms with Crippen LogP contribution in [0.25, 0.3) is 22.5 Å². The van der Waals surface area contributed by atoms with Gasteiger partial charge in [-0.15, -0.1) is 0 Å². The summed E-state index contributed by atoms with van der Waals surface area (Å²) in [4.78, 5) is 23.1. The van der Waals surface area contributed by atoms with Gasteiger partial charge in [0.05, 0.1) is 18.6 Å². The number of esters is 1. The number of nitro groups is 1. The molecule has 8 nitrogen and oxygen atoms in total. The van der Waals surface area contributed by atoms with Crippen molar-refractivity contribution in [2.45, 2.75) is 13.8 Å². The van der Waals surface area contributed by atoms with Crippen LogP contribution in [0.2, 0.25) is 0 Å². The summed E-state index contributed by atoms with van der Waals surface area (Å²) in [6, 6.07) is 12.8. The Kier molecular flexibility index (Phi) is 5.12. The van der Waals surface area contributed by atoms with E-state index >= 15 is 0 Å². The lowest BCUT2D eigenvalue weighted by atomic mass is 10.1. The standard InChI is InChI=1S/C20H19N3O5/c1-4-28-20(25)18(19(24)14-9-11-15(12-10-14)23(26)27)22-13(2)21(3)16-7-5-6-8-17(16)22/h5-12H,4H2,1-3H3/p+1. The average molecular weight is 382 g/mol. The Morgan fingerprint density at radius 1 is 1.21 bits per heavy atom. The van der Waals surface area contributed by atoms with E-state index in [-0.39, 0.29) is 29.3 Å². The topological polar surface area (TPSA) is 98.5 Å². The van der Waals surface area contributed by atoms with Crippen LogP contribution >= 0.6 is 0 Å². The van der Waals surface area contributed by atoms with Crippen molar-refractivity contribution in [3.63, 3.8) is 0 Å². The van der Waals surface area contributed by atoms with E-state index in [1.54, 1.807) is 11.5 Å². The normalized spacial score (nSPS) is 12.0. The molecule has 144 valence electrons. The maximum atomic E-state index is 12.8. The van der Waals surface area contributed by atoms with Crippen LogP contribution < -0.4 is 4.57 Å². The fraction of sp³-hybridized carbons (Fsp3) is 0.200. The molecular weight excluding hydrogens is 362 g/mol. The van der Waals surface area contributed by atoms with Crippen LogP contribution in [0.15, 0.2) is 48.5 Å². The van der Waals surface area contributed by atoms with Crippen molar-refractivity contribution in [2.24, 2.45) is 7.05 Å². The van der Waals surface area contributed by atoms with Gasteiger partial charge >= 0.3 is 5.97 Å². The molecule has 3 rings (SSSR count). The van der Waals surface area contributed by atoms with Gasteiger partial charge in [-0.3, -0.25) is 10.1 Å². The van der Waals surface area contributed by atoms with Crippen LogP contribution in [0.5, 0.6) is 0 Å². The molecule has 28 heavy (non-hydrogen) atoms. The number of ether oxygens (including phenoxy) is 1. The second kappa shape index (κ2) is 7.51. The molecule has 3 aromatic rings.